The van der Waals surface area contributed by atoms with E-state index in [-0.39, 0.29) is 11.9 Å². The third-order valence-electron chi connectivity index (χ3n) is 2.85. The standard InChI is InChI=1S/C12H9ClFN5/c1-7(8-2-9(14)4-15-3-8)19-12-10(5-17-19)16-6-11(13)18-12/h2-7H,1H3. The lowest BCUT2D eigenvalue weighted by Crippen LogP contribution is -2.09. The molecule has 0 radical (unpaired) electrons. The highest BCUT2D eigenvalue weighted by Gasteiger charge is 2.15. The predicted octanol–water partition coefficient (Wildman–Crippen LogP) is 2.62. The van der Waals surface area contributed by atoms with Crippen molar-refractivity contribution in [2.75, 3.05) is 0 Å². The fourth-order valence-corrected chi connectivity index (χ4v) is 2.01. The molecule has 5 nitrogen and oxygen atoms in total. The van der Waals surface area contributed by atoms with Crippen LogP contribution in [0, 0.1) is 5.82 Å². The lowest BCUT2D eigenvalue weighted by molar-refractivity contribution is 0.564. The molecular weight excluding hydrogens is 269 g/mol. The van der Waals surface area contributed by atoms with Crippen molar-refractivity contribution < 1.29 is 4.39 Å². The summed E-state index contributed by atoms with van der Waals surface area (Å²) in [4.78, 5) is 12.2. The van der Waals surface area contributed by atoms with E-state index in [0.29, 0.717) is 21.9 Å². The van der Waals surface area contributed by atoms with Crippen molar-refractivity contribution in [3.63, 3.8) is 0 Å². The highest BCUT2D eigenvalue weighted by atomic mass is 35.5. The first-order valence-electron chi connectivity index (χ1n) is 5.61. The predicted molar refractivity (Wildman–Crippen MR) is 68.3 cm³/mol. The third kappa shape index (κ3) is 2.15. The largest absolute Gasteiger partial charge is 0.261 e. The zero-order chi connectivity index (χ0) is 13.4. The Bertz CT molecular complexity index is 742. The molecule has 96 valence electrons. The molecule has 19 heavy (non-hydrogen) atoms. The van der Waals surface area contributed by atoms with Gasteiger partial charge in [-0.15, -0.1) is 0 Å². The molecule has 0 saturated carbocycles. The van der Waals surface area contributed by atoms with Crippen LogP contribution in [0.5, 0.6) is 0 Å². The van der Waals surface area contributed by atoms with Gasteiger partial charge in [0.1, 0.15) is 16.5 Å². The van der Waals surface area contributed by atoms with Crippen LogP contribution >= 0.6 is 11.6 Å². The molecular formula is C12H9ClFN5. The van der Waals surface area contributed by atoms with Crippen LogP contribution in [0.4, 0.5) is 4.39 Å². The van der Waals surface area contributed by atoms with E-state index in [1.165, 1.54) is 12.3 Å². The van der Waals surface area contributed by atoms with E-state index in [1.54, 1.807) is 17.1 Å². The summed E-state index contributed by atoms with van der Waals surface area (Å²) < 4.78 is 14.8. The van der Waals surface area contributed by atoms with Crippen molar-refractivity contribution in [1.82, 2.24) is 24.7 Å². The van der Waals surface area contributed by atoms with Gasteiger partial charge in [0.15, 0.2) is 5.65 Å². The van der Waals surface area contributed by atoms with Crippen LogP contribution in [-0.4, -0.2) is 24.7 Å². The molecule has 0 aliphatic carbocycles. The van der Waals surface area contributed by atoms with E-state index in [0.717, 1.165) is 6.20 Å². The maximum atomic E-state index is 13.2. The zero-order valence-corrected chi connectivity index (χ0v) is 10.7. The van der Waals surface area contributed by atoms with Gasteiger partial charge in [-0.3, -0.25) is 4.98 Å². The molecule has 0 saturated heterocycles. The summed E-state index contributed by atoms with van der Waals surface area (Å²) in [6.45, 7) is 1.88. The summed E-state index contributed by atoms with van der Waals surface area (Å²) in [5, 5.41) is 4.52. The van der Waals surface area contributed by atoms with Crippen LogP contribution in [0.2, 0.25) is 5.15 Å². The van der Waals surface area contributed by atoms with Crippen LogP contribution in [-0.2, 0) is 0 Å². The number of hydrogen-bond acceptors (Lipinski definition) is 4. The second-order valence-electron chi connectivity index (χ2n) is 4.10. The van der Waals surface area contributed by atoms with Crippen molar-refractivity contribution in [3.05, 3.63) is 47.4 Å². The molecule has 3 aromatic rings. The Balaban J connectivity index is 2.11. The molecule has 3 rings (SSSR count). The SMILES string of the molecule is CC(c1cncc(F)c1)n1ncc2ncc(Cl)nc21. The Hall–Kier alpha value is -2.08. The van der Waals surface area contributed by atoms with Crippen LogP contribution in [0.25, 0.3) is 11.2 Å². The number of nitrogens with zero attached hydrogens (tertiary/aromatic N) is 5. The van der Waals surface area contributed by atoms with Gasteiger partial charge >= 0.3 is 0 Å². The van der Waals surface area contributed by atoms with Crippen molar-refractivity contribution in [1.29, 1.82) is 0 Å². The Morgan fingerprint density at radius 3 is 2.89 bits per heavy atom. The number of aromatic nitrogens is 5. The quantitative estimate of drug-likeness (QED) is 0.722. The molecule has 0 aromatic carbocycles. The summed E-state index contributed by atoms with van der Waals surface area (Å²) >= 11 is 5.84. The second-order valence-corrected chi connectivity index (χ2v) is 4.49. The van der Waals surface area contributed by atoms with E-state index in [1.807, 2.05) is 6.92 Å². The maximum Gasteiger partial charge on any atom is 0.178 e. The fourth-order valence-electron chi connectivity index (χ4n) is 1.88. The van der Waals surface area contributed by atoms with Crippen molar-refractivity contribution in [2.24, 2.45) is 0 Å². The normalized spacial score (nSPS) is 12.8. The third-order valence-corrected chi connectivity index (χ3v) is 3.03. The van der Waals surface area contributed by atoms with Gasteiger partial charge in [0.25, 0.3) is 0 Å². The van der Waals surface area contributed by atoms with Gasteiger partial charge in [0, 0.05) is 6.20 Å². The molecule has 3 heterocycles. The first-order valence-corrected chi connectivity index (χ1v) is 5.99. The lowest BCUT2D eigenvalue weighted by atomic mass is 10.1. The van der Waals surface area contributed by atoms with Crippen molar-refractivity contribution >= 4 is 22.8 Å². The lowest BCUT2D eigenvalue weighted by Gasteiger charge is -2.12. The average Bonchev–Trinajstić information content (AvgIpc) is 2.80. The van der Waals surface area contributed by atoms with Gasteiger partial charge in [-0.05, 0) is 18.6 Å². The summed E-state index contributed by atoms with van der Waals surface area (Å²) in [5.41, 5.74) is 1.90. The van der Waals surface area contributed by atoms with E-state index < -0.39 is 0 Å². The molecule has 0 fully saturated rings. The first kappa shape index (κ1) is 12.0. The highest BCUT2D eigenvalue weighted by Crippen LogP contribution is 2.21. The molecule has 1 atom stereocenters. The van der Waals surface area contributed by atoms with E-state index >= 15 is 0 Å². The van der Waals surface area contributed by atoms with E-state index in [2.05, 4.69) is 20.1 Å². The van der Waals surface area contributed by atoms with Gasteiger partial charge in [-0.25, -0.2) is 19.0 Å². The smallest absolute Gasteiger partial charge is 0.178 e. The molecule has 7 heteroatoms. The Kier molecular flexibility index (Phi) is 2.87. The van der Waals surface area contributed by atoms with Gasteiger partial charge in [0.05, 0.1) is 24.6 Å². The average molecular weight is 278 g/mol. The van der Waals surface area contributed by atoms with Gasteiger partial charge < -0.3 is 0 Å². The molecule has 1 unspecified atom stereocenters. The zero-order valence-electron chi connectivity index (χ0n) is 9.96. The Morgan fingerprint density at radius 2 is 2.11 bits per heavy atom. The van der Waals surface area contributed by atoms with E-state index in [4.69, 9.17) is 11.6 Å². The van der Waals surface area contributed by atoms with E-state index in [9.17, 15) is 4.39 Å². The molecule has 0 aliphatic heterocycles. The number of fused-ring (bicyclic) bond motifs is 1. The van der Waals surface area contributed by atoms with Crippen LogP contribution in [0.15, 0.2) is 30.9 Å². The number of halogens is 2. The van der Waals surface area contributed by atoms with Gasteiger partial charge in [0.2, 0.25) is 0 Å². The minimum absolute atomic E-state index is 0.214. The number of rotatable bonds is 2. The Morgan fingerprint density at radius 1 is 1.26 bits per heavy atom. The molecule has 0 aliphatic rings. The molecule has 3 aromatic heterocycles. The second kappa shape index (κ2) is 4.55. The van der Waals surface area contributed by atoms with Crippen molar-refractivity contribution in [3.8, 4) is 0 Å². The maximum absolute atomic E-state index is 13.2. The molecule has 0 N–H and O–H groups in total. The Labute approximate surface area is 113 Å². The van der Waals surface area contributed by atoms with Crippen LogP contribution < -0.4 is 0 Å². The van der Waals surface area contributed by atoms with Gasteiger partial charge in [-0.1, -0.05) is 11.6 Å². The molecule has 0 spiro atoms. The highest BCUT2D eigenvalue weighted by molar-refractivity contribution is 6.29. The van der Waals surface area contributed by atoms with Crippen LogP contribution in [0.1, 0.15) is 18.5 Å². The summed E-state index contributed by atoms with van der Waals surface area (Å²) in [6.07, 6.45) is 5.82. The minimum Gasteiger partial charge on any atom is -0.261 e. The van der Waals surface area contributed by atoms with Gasteiger partial charge in [-0.2, -0.15) is 5.10 Å². The summed E-state index contributed by atoms with van der Waals surface area (Å²) in [6, 6.07) is 1.21. The number of pyridine rings is 1. The summed E-state index contributed by atoms with van der Waals surface area (Å²) in [5.74, 6) is -0.384. The molecule has 0 bridgehead atoms. The topological polar surface area (TPSA) is 56.5 Å². The molecule has 0 amide bonds. The number of hydrogen-bond donors (Lipinski definition) is 0. The fraction of sp³-hybridized carbons (Fsp3) is 0.167. The van der Waals surface area contributed by atoms with Crippen LogP contribution in [0.3, 0.4) is 0 Å². The monoisotopic (exact) mass is 277 g/mol. The van der Waals surface area contributed by atoms with Crippen molar-refractivity contribution in [2.45, 2.75) is 13.0 Å². The summed E-state index contributed by atoms with van der Waals surface area (Å²) in [7, 11) is 0. The minimum atomic E-state index is -0.384. The first-order chi connectivity index (χ1) is 9.15.